The summed E-state index contributed by atoms with van der Waals surface area (Å²) < 4.78 is 102. The molecule has 0 aliphatic heterocycles. The summed E-state index contributed by atoms with van der Waals surface area (Å²) in [6.07, 6.45) is -15.5. The SMILES string of the molecule is CCc1c(NC(=O)C(F)(F)F)c(C(F)F)nc(C(F)(F)F)c1C(=O)O. The van der Waals surface area contributed by atoms with Crippen molar-refractivity contribution in [1.29, 1.82) is 0 Å². The second-order valence-corrected chi connectivity index (χ2v) is 4.48. The minimum Gasteiger partial charge on any atom is -0.478 e. The van der Waals surface area contributed by atoms with Crippen molar-refractivity contribution in [1.82, 2.24) is 4.98 Å². The van der Waals surface area contributed by atoms with Crippen LogP contribution in [0.3, 0.4) is 0 Å². The van der Waals surface area contributed by atoms with Gasteiger partial charge in [-0.1, -0.05) is 6.92 Å². The Labute approximate surface area is 133 Å². The lowest BCUT2D eigenvalue weighted by molar-refractivity contribution is -0.167. The van der Waals surface area contributed by atoms with Crippen LogP contribution in [0, 0.1) is 0 Å². The quantitative estimate of drug-likeness (QED) is 0.779. The van der Waals surface area contributed by atoms with Crippen LogP contribution in [0.4, 0.5) is 40.8 Å². The number of hydrogen-bond donors (Lipinski definition) is 2. The summed E-state index contributed by atoms with van der Waals surface area (Å²) in [6.45, 7) is 1.01. The molecule has 13 heteroatoms. The minimum absolute atomic E-state index is 0.694. The van der Waals surface area contributed by atoms with E-state index in [9.17, 15) is 44.7 Å². The molecule has 0 fully saturated rings. The first-order chi connectivity index (χ1) is 11.2. The number of nitrogens with one attached hydrogen (secondary N) is 1. The van der Waals surface area contributed by atoms with E-state index in [0.29, 0.717) is 0 Å². The van der Waals surface area contributed by atoms with Gasteiger partial charge in [0.25, 0.3) is 6.43 Å². The molecule has 140 valence electrons. The van der Waals surface area contributed by atoms with Gasteiger partial charge in [-0.25, -0.2) is 18.6 Å². The fourth-order valence-corrected chi connectivity index (χ4v) is 1.93. The number of carboxylic acid groups (broad SMARTS) is 1. The van der Waals surface area contributed by atoms with Gasteiger partial charge in [-0.3, -0.25) is 4.79 Å². The predicted octanol–water partition coefficient (Wildman–Crippen LogP) is 3.80. The van der Waals surface area contributed by atoms with Crippen LogP contribution < -0.4 is 5.32 Å². The van der Waals surface area contributed by atoms with Crippen LogP contribution in [0.15, 0.2) is 0 Å². The average molecular weight is 380 g/mol. The van der Waals surface area contributed by atoms with Crippen molar-refractivity contribution >= 4 is 17.6 Å². The lowest BCUT2D eigenvalue weighted by atomic mass is 9.99. The number of carbonyl (C=O) groups is 2. The Balaban J connectivity index is 3.84. The molecule has 1 amide bonds. The third kappa shape index (κ3) is 4.33. The Morgan fingerprint density at radius 1 is 1.16 bits per heavy atom. The van der Waals surface area contributed by atoms with Crippen molar-refractivity contribution in [2.75, 3.05) is 5.32 Å². The smallest absolute Gasteiger partial charge is 0.471 e. The van der Waals surface area contributed by atoms with Gasteiger partial charge in [-0.05, 0) is 12.0 Å². The molecule has 0 saturated heterocycles. The number of carbonyl (C=O) groups excluding carboxylic acids is 1. The number of carboxylic acids is 1. The van der Waals surface area contributed by atoms with Gasteiger partial charge in [-0.15, -0.1) is 0 Å². The van der Waals surface area contributed by atoms with E-state index in [1.54, 1.807) is 0 Å². The summed E-state index contributed by atoms with van der Waals surface area (Å²) >= 11 is 0. The highest BCUT2D eigenvalue weighted by molar-refractivity contribution is 5.99. The molecule has 0 aromatic carbocycles. The molecule has 0 bridgehead atoms. The second-order valence-electron chi connectivity index (χ2n) is 4.48. The van der Waals surface area contributed by atoms with E-state index >= 15 is 0 Å². The van der Waals surface area contributed by atoms with Crippen LogP contribution in [-0.4, -0.2) is 28.1 Å². The first-order valence-electron chi connectivity index (χ1n) is 6.25. The fourth-order valence-electron chi connectivity index (χ4n) is 1.93. The number of rotatable bonds is 4. The highest BCUT2D eigenvalue weighted by Crippen LogP contribution is 2.39. The Bertz CT molecular complexity index is 697. The van der Waals surface area contributed by atoms with Gasteiger partial charge >= 0.3 is 24.2 Å². The van der Waals surface area contributed by atoms with Gasteiger partial charge in [0.05, 0.1) is 11.3 Å². The molecule has 2 N–H and O–H groups in total. The van der Waals surface area contributed by atoms with Crippen LogP contribution >= 0.6 is 0 Å². The normalized spacial score (nSPS) is 12.4. The third-order valence-electron chi connectivity index (χ3n) is 2.87. The van der Waals surface area contributed by atoms with Crippen molar-refractivity contribution < 1.29 is 49.8 Å². The Morgan fingerprint density at radius 2 is 1.68 bits per heavy atom. The van der Waals surface area contributed by atoms with E-state index in [2.05, 4.69) is 4.98 Å². The second kappa shape index (κ2) is 6.80. The molecule has 1 rings (SSSR count). The van der Waals surface area contributed by atoms with Crippen LogP contribution in [0.1, 0.15) is 40.7 Å². The van der Waals surface area contributed by atoms with Crippen LogP contribution in [0.5, 0.6) is 0 Å². The topological polar surface area (TPSA) is 79.3 Å². The number of aromatic carboxylic acids is 1. The van der Waals surface area contributed by atoms with Crippen molar-refractivity contribution in [2.24, 2.45) is 0 Å². The monoisotopic (exact) mass is 380 g/mol. The molecule has 0 radical (unpaired) electrons. The van der Waals surface area contributed by atoms with Crippen molar-refractivity contribution in [3.63, 3.8) is 0 Å². The summed E-state index contributed by atoms with van der Waals surface area (Å²) in [4.78, 5) is 24.5. The molecule has 1 heterocycles. The molecule has 25 heavy (non-hydrogen) atoms. The summed E-state index contributed by atoms with van der Waals surface area (Å²) in [5.74, 6) is -5.01. The van der Waals surface area contributed by atoms with E-state index in [1.807, 2.05) is 0 Å². The number of halogens is 8. The molecule has 0 unspecified atom stereocenters. The maximum Gasteiger partial charge on any atom is 0.471 e. The summed E-state index contributed by atoms with van der Waals surface area (Å²) in [7, 11) is 0. The van der Waals surface area contributed by atoms with Gasteiger partial charge in [0, 0.05) is 0 Å². The molecule has 5 nitrogen and oxygen atoms in total. The molecule has 1 aromatic rings. The van der Waals surface area contributed by atoms with Gasteiger partial charge in [0.2, 0.25) is 0 Å². The number of aromatic nitrogens is 1. The molecule has 0 aliphatic rings. The Hall–Kier alpha value is -2.47. The lowest BCUT2D eigenvalue weighted by Gasteiger charge is -2.20. The highest BCUT2D eigenvalue weighted by Gasteiger charge is 2.44. The lowest BCUT2D eigenvalue weighted by Crippen LogP contribution is -2.32. The standard InChI is InChI=1S/C12H8F8N2O3/c1-2-3-4(9(23)24)7(11(15,16)17)21-6(8(13)14)5(3)22-10(25)12(18,19)20/h8H,2H2,1H3,(H,22,25)(H,23,24). The zero-order valence-corrected chi connectivity index (χ0v) is 12.0. The largest absolute Gasteiger partial charge is 0.478 e. The zero-order valence-electron chi connectivity index (χ0n) is 12.0. The molecular weight excluding hydrogens is 372 g/mol. The van der Waals surface area contributed by atoms with Crippen molar-refractivity contribution in [3.8, 4) is 0 Å². The number of nitrogens with zero attached hydrogens (tertiary/aromatic N) is 1. The van der Waals surface area contributed by atoms with Crippen LogP contribution in [0.2, 0.25) is 0 Å². The van der Waals surface area contributed by atoms with Crippen LogP contribution in [-0.2, 0) is 17.4 Å². The molecule has 0 spiro atoms. The van der Waals surface area contributed by atoms with E-state index in [1.165, 1.54) is 0 Å². The molecule has 0 aliphatic carbocycles. The first kappa shape index (κ1) is 20.6. The van der Waals surface area contributed by atoms with E-state index in [-0.39, 0.29) is 0 Å². The van der Waals surface area contributed by atoms with Crippen molar-refractivity contribution in [2.45, 2.75) is 32.1 Å². The molecule has 0 atom stereocenters. The van der Waals surface area contributed by atoms with Crippen LogP contribution in [0.25, 0.3) is 0 Å². The van der Waals surface area contributed by atoms with E-state index in [4.69, 9.17) is 5.11 Å². The highest BCUT2D eigenvalue weighted by atomic mass is 19.4. The van der Waals surface area contributed by atoms with E-state index < -0.39 is 65.3 Å². The van der Waals surface area contributed by atoms with Gasteiger partial charge < -0.3 is 10.4 Å². The minimum atomic E-state index is -5.55. The average Bonchev–Trinajstić information content (AvgIpc) is 2.43. The van der Waals surface area contributed by atoms with Gasteiger partial charge in [-0.2, -0.15) is 26.3 Å². The number of alkyl halides is 8. The maximum atomic E-state index is 13.0. The maximum absolute atomic E-state index is 13.0. The first-order valence-corrected chi connectivity index (χ1v) is 6.25. The Morgan fingerprint density at radius 3 is 2.00 bits per heavy atom. The van der Waals surface area contributed by atoms with E-state index in [0.717, 1.165) is 12.2 Å². The number of pyridine rings is 1. The molecular formula is C12H8F8N2O3. The summed E-state index contributed by atoms with van der Waals surface area (Å²) in [5.41, 5.74) is -8.09. The summed E-state index contributed by atoms with van der Waals surface area (Å²) in [6, 6.07) is 0. The zero-order chi connectivity index (χ0) is 19.7. The molecule has 1 aromatic heterocycles. The predicted molar refractivity (Wildman–Crippen MR) is 65.2 cm³/mol. The fraction of sp³-hybridized carbons (Fsp3) is 0.417. The van der Waals surface area contributed by atoms with Gasteiger partial charge in [0.1, 0.15) is 5.69 Å². The van der Waals surface area contributed by atoms with Gasteiger partial charge in [0.15, 0.2) is 5.69 Å². The third-order valence-corrected chi connectivity index (χ3v) is 2.87. The number of amides is 1. The van der Waals surface area contributed by atoms with Crippen molar-refractivity contribution in [3.05, 3.63) is 22.5 Å². The Kier molecular flexibility index (Phi) is 5.60. The summed E-state index contributed by atoms with van der Waals surface area (Å²) in [5, 5.41) is 9.91. The molecule has 0 saturated carbocycles. The number of anilines is 1. The number of hydrogen-bond acceptors (Lipinski definition) is 3.